The lowest BCUT2D eigenvalue weighted by molar-refractivity contribution is 0.475. The molecular weight excluding hydrogens is 438 g/mol. The normalized spacial score (nSPS) is 16.5. The van der Waals surface area contributed by atoms with E-state index in [0.717, 1.165) is 49.4 Å². The van der Waals surface area contributed by atoms with Gasteiger partial charge in [0.2, 0.25) is 5.95 Å². The van der Waals surface area contributed by atoms with Crippen LogP contribution in [0.4, 0.5) is 11.6 Å². The van der Waals surface area contributed by atoms with Crippen LogP contribution in [0.3, 0.4) is 0 Å². The average Bonchev–Trinajstić information content (AvgIpc) is 3.53. The predicted molar refractivity (Wildman–Crippen MR) is 138 cm³/mol. The molecule has 0 atom stereocenters. The van der Waals surface area contributed by atoms with E-state index in [2.05, 4.69) is 52.6 Å². The van der Waals surface area contributed by atoms with Crippen LogP contribution in [-0.4, -0.2) is 30.9 Å². The summed E-state index contributed by atoms with van der Waals surface area (Å²) in [4.78, 5) is 27.3. The number of hydrogen-bond acceptors (Lipinski definition) is 6. The molecule has 2 N–H and O–H groups in total. The van der Waals surface area contributed by atoms with Crippen LogP contribution < -0.4 is 16.2 Å². The van der Waals surface area contributed by atoms with Gasteiger partial charge in [-0.05, 0) is 87.5 Å². The summed E-state index contributed by atoms with van der Waals surface area (Å²) in [6, 6.07) is 8.33. The molecule has 1 fully saturated rings. The van der Waals surface area contributed by atoms with Gasteiger partial charge in [-0.3, -0.25) is 9.78 Å². The zero-order chi connectivity index (χ0) is 24.3. The molecule has 6 rings (SSSR count). The van der Waals surface area contributed by atoms with E-state index in [1.54, 1.807) is 10.9 Å². The lowest BCUT2D eigenvalue weighted by Gasteiger charge is -2.20. The Hall–Kier alpha value is -3.52. The van der Waals surface area contributed by atoms with E-state index < -0.39 is 0 Å². The smallest absolute Gasteiger partial charge is 0.278 e. The van der Waals surface area contributed by atoms with Crippen molar-refractivity contribution in [1.82, 2.24) is 29.6 Å². The van der Waals surface area contributed by atoms with E-state index >= 15 is 0 Å². The van der Waals surface area contributed by atoms with Gasteiger partial charge < -0.3 is 10.6 Å². The molecule has 8 nitrogen and oxygen atoms in total. The molecule has 0 amide bonds. The second-order valence-electron chi connectivity index (χ2n) is 10.4. The minimum Gasteiger partial charge on any atom is -0.324 e. The summed E-state index contributed by atoms with van der Waals surface area (Å²) in [6.45, 7) is 10.3. The number of fused-ring (bicyclic) bond motifs is 2. The number of aryl methyl sites for hydroxylation is 1. The first-order chi connectivity index (χ1) is 16.8. The van der Waals surface area contributed by atoms with Crippen LogP contribution in [0.5, 0.6) is 0 Å². The zero-order valence-electron chi connectivity index (χ0n) is 20.7. The van der Waals surface area contributed by atoms with Gasteiger partial charge in [0.05, 0.1) is 5.69 Å². The van der Waals surface area contributed by atoms with Crippen molar-refractivity contribution in [3.05, 3.63) is 69.4 Å². The van der Waals surface area contributed by atoms with Gasteiger partial charge in [-0.2, -0.15) is 4.98 Å². The van der Waals surface area contributed by atoms with Crippen LogP contribution in [-0.2, 0) is 18.4 Å². The van der Waals surface area contributed by atoms with Crippen molar-refractivity contribution in [3.63, 3.8) is 0 Å². The molecule has 0 bridgehead atoms. The van der Waals surface area contributed by atoms with Gasteiger partial charge >= 0.3 is 0 Å². The van der Waals surface area contributed by atoms with E-state index in [4.69, 9.17) is 4.98 Å². The Morgan fingerprint density at radius 1 is 1.17 bits per heavy atom. The Labute approximate surface area is 204 Å². The molecule has 3 aromatic heterocycles. The molecule has 0 saturated heterocycles. The van der Waals surface area contributed by atoms with E-state index in [9.17, 15) is 4.79 Å². The summed E-state index contributed by atoms with van der Waals surface area (Å²) in [5.41, 5.74) is 7.53. The Kier molecular flexibility index (Phi) is 5.03. The lowest BCUT2D eigenvalue weighted by Crippen LogP contribution is -2.24. The fourth-order valence-electron chi connectivity index (χ4n) is 5.10. The van der Waals surface area contributed by atoms with Crippen LogP contribution in [0.2, 0.25) is 0 Å². The van der Waals surface area contributed by atoms with Crippen molar-refractivity contribution in [2.24, 2.45) is 0 Å². The Bertz CT molecular complexity index is 1510. The van der Waals surface area contributed by atoms with Gasteiger partial charge in [-0.25, -0.2) is 14.3 Å². The van der Waals surface area contributed by atoms with Crippen LogP contribution >= 0.6 is 0 Å². The third kappa shape index (κ3) is 3.72. The second-order valence-corrected chi connectivity index (χ2v) is 10.4. The monoisotopic (exact) mass is 469 g/mol. The highest BCUT2D eigenvalue weighted by Gasteiger charge is 2.40. The highest BCUT2D eigenvalue weighted by atomic mass is 16.1. The maximum atomic E-state index is 13.4. The number of nitrogens with zero attached hydrogens (tertiary/aromatic N) is 5. The minimum atomic E-state index is -0.0883. The van der Waals surface area contributed by atoms with Gasteiger partial charge in [-0.1, -0.05) is 6.92 Å². The SMILES string of the molecule is Cc1cc(Nc2ncc3c(=O)n(C(C)C)n(-c4ccnc(C5(C)CC5)c4)c3n2)cc2c1CNCC2. The minimum absolute atomic E-state index is 0.0434. The summed E-state index contributed by atoms with van der Waals surface area (Å²) in [5.74, 6) is 0.476. The van der Waals surface area contributed by atoms with Gasteiger partial charge in [0.1, 0.15) is 5.39 Å². The number of anilines is 2. The molecular formula is C27H31N7O. The van der Waals surface area contributed by atoms with Gasteiger partial charge in [-0.15, -0.1) is 0 Å². The average molecular weight is 470 g/mol. The maximum absolute atomic E-state index is 13.4. The number of nitrogens with one attached hydrogen (secondary N) is 2. The van der Waals surface area contributed by atoms with Crippen molar-refractivity contribution in [2.75, 3.05) is 11.9 Å². The summed E-state index contributed by atoms with van der Waals surface area (Å²) in [7, 11) is 0. The molecule has 4 heterocycles. The molecule has 0 radical (unpaired) electrons. The van der Waals surface area contributed by atoms with Gasteiger partial charge in [0.15, 0.2) is 5.65 Å². The molecule has 8 heteroatoms. The summed E-state index contributed by atoms with van der Waals surface area (Å²) < 4.78 is 3.68. The first-order valence-electron chi connectivity index (χ1n) is 12.4. The first-order valence-corrected chi connectivity index (χ1v) is 12.4. The second kappa shape index (κ2) is 8.02. The van der Waals surface area contributed by atoms with Crippen LogP contribution in [0, 0.1) is 6.92 Å². The Balaban J connectivity index is 1.47. The highest BCUT2D eigenvalue weighted by Crippen LogP contribution is 2.46. The highest BCUT2D eigenvalue weighted by molar-refractivity contribution is 5.77. The van der Waals surface area contributed by atoms with Gasteiger partial charge in [0.25, 0.3) is 5.56 Å². The Morgan fingerprint density at radius 3 is 2.77 bits per heavy atom. The van der Waals surface area contributed by atoms with Crippen molar-refractivity contribution in [3.8, 4) is 5.69 Å². The lowest BCUT2D eigenvalue weighted by atomic mass is 9.96. The van der Waals surface area contributed by atoms with Crippen LogP contribution in [0.25, 0.3) is 16.7 Å². The summed E-state index contributed by atoms with van der Waals surface area (Å²) in [6.07, 6.45) is 6.76. The summed E-state index contributed by atoms with van der Waals surface area (Å²) >= 11 is 0. The quantitative estimate of drug-likeness (QED) is 0.453. The van der Waals surface area contributed by atoms with Crippen LogP contribution in [0.1, 0.15) is 62.0 Å². The third-order valence-electron chi connectivity index (χ3n) is 7.41. The fraction of sp³-hybridized carbons (Fsp3) is 0.407. The largest absolute Gasteiger partial charge is 0.324 e. The fourth-order valence-corrected chi connectivity index (χ4v) is 5.10. The zero-order valence-corrected chi connectivity index (χ0v) is 20.7. The van der Waals surface area contributed by atoms with Crippen LogP contribution in [0.15, 0.2) is 41.5 Å². The number of benzene rings is 1. The molecule has 0 spiro atoms. The van der Waals surface area contributed by atoms with Crippen molar-refractivity contribution in [2.45, 2.75) is 65.0 Å². The standard InChI is InChI=1S/C27H31N7O/c1-16(2)33-25(35)22-15-30-26(31-19-11-17(3)21-14-28-9-5-18(21)12-19)32-24(22)34(33)20-6-10-29-23(13-20)27(4)7-8-27/h6,10-13,15-16,28H,5,7-9,14H2,1-4H3,(H,30,31,32). The third-order valence-corrected chi connectivity index (χ3v) is 7.41. The van der Waals surface area contributed by atoms with Crippen molar-refractivity contribution < 1.29 is 0 Å². The molecule has 180 valence electrons. The number of hydrogen-bond donors (Lipinski definition) is 2. The van der Waals surface area contributed by atoms with Gasteiger partial charge in [0, 0.05) is 41.8 Å². The van der Waals surface area contributed by atoms with Crippen molar-refractivity contribution >= 4 is 22.7 Å². The number of pyridine rings is 1. The van der Waals surface area contributed by atoms with E-state index in [1.807, 2.05) is 30.8 Å². The molecule has 1 aliphatic carbocycles. The summed E-state index contributed by atoms with van der Waals surface area (Å²) in [5, 5.41) is 7.34. The van der Waals surface area contributed by atoms with E-state index in [1.165, 1.54) is 16.7 Å². The molecule has 0 unspecified atom stereocenters. The Morgan fingerprint density at radius 2 is 2.00 bits per heavy atom. The molecule has 1 aromatic carbocycles. The number of rotatable bonds is 5. The molecule has 1 saturated carbocycles. The topological polar surface area (TPSA) is 89.7 Å². The molecule has 4 aromatic rings. The van der Waals surface area contributed by atoms with E-state index in [0.29, 0.717) is 17.0 Å². The number of aromatic nitrogens is 5. The van der Waals surface area contributed by atoms with E-state index in [-0.39, 0.29) is 17.0 Å². The molecule has 2 aliphatic rings. The predicted octanol–water partition coefficient (Wildman–Crippen LogP) is 4.31. The van der Waals surface area contributed by atoms with Crippen molar-refractivity contribution in [1.29, 1.82) is 0 Å². The maximum Gasteiger partial charge on any atom is 0.278 e. The molecule has 1 aliphatic heterocycles. The first kappa shape index (κ1) is 22.0. The molecule has 35 heavy (non-hydrogen) atoms.